The van der Waals surface area contributed by atoms with Crippen LogP contribution in [0.25, 0.3) is 0 Å². The van der Waals surface area contributed by atoms with E-state index in [1.54, 1.807) is 7.11 Å². The summed E-state index contributed by atoms with van der Waals surface area (Å²) in [6.45, 7) is 0.699. The van der Waals surface area contributed by atoms with E-state index < -0.39 is 0 Å². The molecule has 1 aliphatic rings. The molecule has 1 saturated carbocycles. The molecule has 2 aromatic carbocycles. The molecule has 2 aromatic rings. The molecule has 0 spiro atoms. The van der Waals surface area contributed by atoms with Gasteiger partial charge in [0.15, 0.2) is 11.5 Å². The molecule has 5 heteroatoms. The molecule has 1 aliphatic carbocycles. The predicted molar refractivity (Wildman–Crippen MR) is 105 cm³/mol. The maximum atomic E-state index is 6.19. The highest BCUT2D eigenvalue weighted by Crippen LogP contribution is 2.36. The average molecular weight is 438 g/mol. The number of hydrogen-bond donors (Lipinski definition) is 2. The third-order valence-electron chi connectivity index (χ3n) is 4.17. The van der Waals surface area contributed by atoms with E-state index in [1.807, 2.05) is 36.4 Å². The zero-order valence-electron chi connectivity index (χ0n) is 13.8. The van der Waals surface area contributed by atoms with Crippen LogP contribution in [0.15, 0.2) is 42.5 Å². The number of nitrogens with one attached hydrogen (secondary N) is 2. The van der Waals surface area contributed by atoms with Gasteiger partial charge in [-0.2, -0.15) is 0 Å². The van der Waals surface area contributed by atoms with E-state index in [1.165, 1.54) is 12.8 Å². The van der Waals surface area contributed by atoms with Crippen LogP contribution in [0.4, 0.5) is 5.69 Å². The zero-order valence-corrected chi connectivity index (χ0v) is 16.0. The number of anilines is 1. The van der Waals surface area contributed by atoms with E-state index >= 15 is 0 Å². The van der Waals surface area contributed by atoms with Gasteiger partial charge in [-0.25, -0.2) is 5.43 Å². The molecule has 0 saturated heterocycles. The Morgan fingerprint density at radius 3 is 2.58 bits per heavy atom. The molecule has 0 atom stereocenters. The standard InChI is InChI=1S/C19H23IN2O2/c1-23-18-12-14(13-21-22-15-7-3-2-4-8-15)11-17(20)19(18)24-16-9-5-6-10-16/h2-4,7-8,11-12,16,21-22H,5-6,9-10,13H2,1H3. The van der Waals surface area contributed by atoms with Gasteiger partial charge in [0.05, 0.1) is 16.8 Å². The SMILES string of the molecule is COc1cc(CNNc2ccccc2)cc(I)c1OC1CCCC1. The van der Waals surface area contributed by atoms with Crippen LogP contribution < -0.4 is 20.3 Å². The van der Waals surface area contributed by atoms with Crippen molar-refractivity contribution in [3.05, 3.63) is 51.6 Å². The Bertz CT molecular complexity index is 658. The molecule has 24 heavy (non-hydrogen) atoms. The Balaban J connectivity index is 1.64. The summed E-state index contributed by atoms with van der Waals surface area (Å²) in [5.41, 5.74) is 8.63. The van der Waals surface area contributed by atoms with Crippen molar-refractivity contribution in [1.82, 2.24) is 5.43 Å². The van der Waals surface area contributed by atoms with Gasteiger partial charge in [-0.1, -0.05) is 18.2 Å². The van der Waals surface area contributed by atoms with Gasteiger partial charge < -0.3 is 14.9 Å². The summed E-state index contributed by atoms with van der Waals surface area (Å²) in [7, 11) is 1.70. The van der Waals surface area contributed by atoms with E-state index in [0.717, 1.165) is 39.2 Å². The predicted octanol–water partition coefficient (Wildman–Crippen LogP) is 4.74. The van der Waals surface area contributed by atoms with Gasteiger partial charge in [-0.3, -0.25) is 0 Å². The van der Waals surface area contributed by atoms with Gasteiger partial charge in [-0.15, -0.1) is 0 Å². The Hall–Kier alpha value is -1.47. The quantitative estimate of drug-likeness (QED) is 0.484. The van der Waals surface area contributed by atoms with E-state index in [4.69, 9.17) is 9.47 Å². The number of rotatable bonds is 7. The second-order valence-corrected chi connectivity index (χ2v) is 7.14. The van der Waals surface area contributed by atoms with E-state index in [-0.39, 0.29) is 0 Å². The highest BCUT2D eigenvalue weighted by molar-refractivity contribution is 14.1. The Morgan fingerprint density at radius 1 is 1.12 bits per heavy atom. The van der Waals surface area contributed by atoms with Crippen LogP contribution >= 0.6 is 22.6 Å². The van der Waals surface area contributed by atoms with Crippen LogP contribution in [-0.4, -0.2) is 13.2 Å². The number of benzene rings is 2. The normalized spacial score (nSPS) is 14.6. The van der Waals surface area contributed by atoms with Crippen molar-refractivity contribution in [1.29, 1.82) is 0 Å². The van der Waals surface area contributed by atoms with Crippen LogP contribution in [0.1, 0.15) is 31.2 Å². The van der Waals surface area contributed by atoms with Gasteiger partial charge in [0, 0.05) is 12.2 Å². The van der Waals surface area contributed by atoms with Crippen molar-refractivity contribution in [2.24, 2.45) is 0 Å². The highest BCUT2D eigenvalue weighted by atomic mass is 127. The first-order valence-electron chi connectivity index (χ1n) is 8.33. The van der Waals surface area contributed by atoms with Gasteiger partial charge in [0.2, 0.25) is 0 Å². The van der Waals surface area contributed by atoms with Crippen molar-refractivity contribution in [3.8, 4) is 11.5 Å². The Kier molecular flexibility index (Phi) is 6.20. The van der Waals surface area contributed by atoms with Crippen LogP contribution in [-0.2, 0) is 6.54 Å². The number of para-hydroxylation sites is 1. The monoisotopic (exact) mass is 438 g/mol. The number of hydrazine groups is 1. The smallest absolute Gasteiger partial charge is 0.174 e. The summed E-state index contributed by atoms with van der Waals surface area (Å²) < 4.78 is 12.8. The summed E-state index contributed by atoms with van der Waals surface area (Å²) in [4.78, 5) is 0. The lowest BCUT2D eigenvalue weighted by Gasteiger charge is -2.18. The minimum Gasteiger partial charge on any atom is -0.493 e. The van der Waals surface area contributed by atoms with Crippen LogP contribution in [0.5, 0.6) is 11.5 Å². The van der Waals surface area contributed by atoms with Crippen molar-refractivity contribution < 1.29 is 9.47 Å². The molecule has 0 bridgehead atoms. The molecule has 2 N–H and O–H groups in total. The minimum atomic E-state index is 0.330. The first kappa shape index (κ1) is 17.4. The molecule has 0 amide bonds. The summed E-state index contributed by atoms with van der Waals surface area (Å²) in [5, 5.41) is 0. The first-order chi connectivity index (χ1) is 11.8. The van der Waals surface area contributed by atoms with Crippen LogP contribution in [0.2, 0.25) is 0 Å². The summed E-state index contributed by atoms with van der Waals surface area (Å²) in [6.07, 6.45) is 5.14. The number of methoxy groups -OCH3 is 1. The van der Waals surface area contributed by atoms with E-state index in [9.17, 15) is 0 Å². The zero-order chi connectivity index (χ0) is 16.8. The average Bonchev–Trinajstić information content (AvgIpc) is 3.11. The molecule has 3 rings (SSSR count). The maximum absolute atomic E-state index is 6.19. The fraction of sp³-hybridized carbons (Fsp3) is 0.368. The first-order valence-corrected chi connectivity index (χ1v) is 9.41. The van der Waals surface area contributed by atoms with E-state index in [0.29, 0.717) is 12.6 Å². The molecule has 0 unspecified atom stereocenters. The number of halogens is 1. The molecule has 128 valence electrons. The fourth-order valence-electron chi connectivity index (χ4n) is 2.93. The summed E-state index contributed by atoms with van der Waals surface area (Å²) >= 11 is 2.33. The Morgan fingerprint density at radius 2 is 1.88 bits per heavy atom. The number of hydrogen-bond acceptors (Lipinski definition) is 4. The van der Waals surface area contributed by atoms with Crippen molar-refractivity contribution in [3.63, 3.8) is 0 Å². The maximum Gasteiger partial charge on any atom is 0.174 e. The summed E-state index contributed by atoms with van der Waals surface area (Å²) in [5.74, 6) is 1.69. The van der Waals surface area contributed by atoms with E-state index in [2.05, 4.69) is 39.5 Å². The topological polar surface area (TPSA) is 42.5 Å². The van der Waals surface area contributed by atoms with Gasteiger partial charge in [0.25, 0.3) is 0 Å². The minimum absolute atomic E-state index is 0.330. The molecule has 0 aromatic heterocycles. The summed E-state index contributed by atoms with van der Waals surface area (Å²) in [6, 6.07) is 14.3. The molecule has 0 radical (unpaired) electrons. The Labute approximate surface area is 157 Å². The second kappa shape index (κ2) is 8.58. The fourth-order valence-corrected chi connectivity index (χ4v) is 3.73. The lowest BCUT2D eigenvalue weighted by atomic mass is 10.2. The second-order valence-electron chi connectivity index (χ2n) is 5.98. The molecule has 0 aliphatic heterocycles. The third kappa shape index (κ3) is 4.54. The van der Waals surface area contributed by atoms with Gasteiger partial charge in [-0.05, 0) is 78.1 Å². The lowest BCUT2D eigenvalue weighted by Crippen LogP contribution is -2.21. The van der Waals surface area contributed by atoms with Crippen molar-refractivity contribution >= 4 is 28.3 Å². The van der Waals surface area contributed by atoms with Gasteiger partial charge in [0.1, 0.15) is 0 Å². The molecule has 4 nitrogen and oxygen atoms in total. The lowest BCUT2D eigenvalue weighted by molar-refractivity contribution is 0.199. The highest BCUT2D eigenvalue weighted by Gasteiger charge is 2.20. The molecular formula is C19H23IN2O2. The third-order valence-corrected chi connectivity index (χ3v) is 4.98. The van der Waals surface area contributed by atoms with Crippen molar-refractivity contribution in [2.75, 3.05) is 12.5 Å². The van der Waals surface area contributed by atoms with Crippen molar-refractivity contribution in [2.45, 2.75) is 38.3 Å². The number of ether oxygens (including phenoxy) is 2. The molecular weight excluding hydrogens is 415 g/mol. The largest absolute Gasteiger partial charge is 0.493 e. The van der Waals surface area contributed by atoms with Crippen LogP contribution in [0.3, 0.4) is 0 Å². The van der Waals surface area contributed by atoms with Gasteiger partial charge >= 0.3 is 0 Å². The molecule has 1 fully saturated rings. The van der Waals surface area contributed by atoms with Crippen LogP contribution in [0, 0.1) is 3.57 Å². The molecule has 0 heterocycles.